The van der Waals surface area contributed by atoms with Gasteiger partial charge in [0.05, 0.1) is 0 Å². The van der Waals surface area contributed by atoms with Gasteiger partial charge in [0.25, 0.3) is 0 Å². The van der Waals surface area contributed by atoms with E-state index in [-0.39, 0.29) is 0 Å². The predicted octanol–water partition coefficient (Wildman–Crippen LogP) is 1.69. The van der Waals surface area contributed by atoms with Crippen LogP contribution in [-0.2, 0) is 0 Å². The highest BCUT2D eigenvalue weighted by molar-refractivity contribution is 5.18. The van der Waals surface area contributed by atoms with Crippen LogP contribution in [0.15, 0.2) is 23.9 Å². The summed E-state index contributed by atoms with van der Waals surface area (Å²) >= 11 is 0. The maximum atomic E-state index is 3.16. The lowest BCUT2D eigenvalue weighted by atomic mass is 9.99. The second-order valence-corrected chi connectivity index (χ2v) is 2.44. The smallest absolute Gasteiger partial charge is 0.0136 e. The molecule has 1 aliphatic rings. The Balaban J connectivity index is 2.63. The van der Waals surface area contributed by atoms with Crippen LogP contribution < -0.4 is 5.32 Å². The highest BCUT2D eigenvalue weighted by atomic mass is 14.8. The van der Waals surface area contributed by atoms with Gasteiger partial charge in [0, 0.05) is 12.7 Å². The molecule has 0 aromatic carbocycles. The first kappa shape index (κ1) is 6.40. The van der Waals surface area contributed by atoms with Crippen LogP contribution in [0.2, 0.25) is 0 Å². The number of hydrogen-bond donors (Lipinski definition) is 1. The molecule has 1 rings (SSSR count). The van der Waals surface area contributed by atoms with Gasteiger partial charge in [-0.3, -0.25) is 0 Å². The maximum absolute atomic E-state index is 3.16. The van der Waals surface area contributed by atoms with Gasteiger partial charge in [-0.2, -0.15) is 0 Å². The van der Waals surface area contributed by atoms with Crippen LogP contribution in [0.25, 0.3) is 0 Å². The summed E-state index contributed by atoms with van der Waals surface area (Å²) in [5, 5.41) is 3.16. The molecule has 0 aromatic heterocycles. The van der Waals surface area contributed by atoms with Gasteiger partial charge in [-0.05, 0) is 18.4 Å². The quantitative estimate of drug-likeness (QED) is 0.559. The monoisotopic (exact) mass is 123 g/mol. The summed E-state index contributed by atoms with van der Waals surface area (Å²) in [4.78, 5) is 0. The van der Waals surface area contributed by atoms with Gasteiger partial charge in [0.1, 0.15) is 0 Å². The van der Waals surface area contributed by atoms with Crippen molar-refractivity contribution in [2.75, 3.05) is 7.05 Å². The van der Waals surface area contributed by atoms with E-state index in [0.29, 0.717) is 5.92 Å². The molecule has 1 unspecified atom stereocenters. The molecule has 1 nitrogen and oxygen atoms in total. The van der Waals surface area contributed by atoms with Crippen molar-refractivity contribution in [3.63, 3.8) is 0 Å². The van der Waals surface area contributed by atoms with Crippen molar-refractivity contribution >= 4 is 0 Å². The molecule has 0 saturated heterocycles. The summed E-state index contributed by atoms with van der Waals surface area (Å²) in [6.07, 6.45) is 7.61. The summed E-state index contributed by atoms with van der Waals surface area (Å²) in [6.45, 7) is 2.23. The molecule has 0 heterocycles. The SMILES string of the molecule is CNC1=CC=CCC1C. The van der Waals surface area contributed by atoms with Crippen molar-refractivity contribution in [1.29, 1.82) is 0 Å². The van der Waals surface area contributed by atoms with Crippen LogP contribution in [0.3, 0.4) is 0 Å². The van der Waals surface area contributed by atoms with Gasteiger partial charge >= 0.3 is 0 Å². The molecule has 1 heteroatoms. The summed E-state index contributed by atoms with van der Waals surface area (Å²) in [5.74, 6) is 0.681. The zero-order valence-corrected chi connectivity index (χ0v) is 6.02. The Morgan fingerprint density at radius 3 is 2.89 bits per heavy atom. The number of hydrogen-bond acceptors (Lipinski definition) is 1. The van der Waals surface area contributed by atoms with Crippen molar-refractivity contribution < 1.29 is 0 Å². The van der Waals surface area contributed by atoms with Crippen molar-refractivity contribution in [2.24, 2.45) is 5.92 Å². The first-order chi connectivity index (χ1) is 4.34. The number of allylic oxidation sites excluding steroid dienone is 4. The Morgan fingerprint density at radius 2 is 2.44 bits per heavy atom. The zero-order chi connectivity index (χ0) is 6.69. The lowest BCUT2D eigenvalue weighted by Gasteiger charge is -2.15. The molecule has 1 N–H and O–H groups in total. The lowest BCUT2D eigenvalue weighted by Crippen LogP contribution is -2.14. The summed E-state index contributed by atoms with van der Waals surface area (Å²) in [7, 11) is 1.97. The molecule has 0 fully saturated rings. The second kappa shape index (κ2) is 2.72. The Labute approximate surface area is 56.5 Å². The first-order valence-corrected chi connectivity index (χ1v) is 3.39. The van der Waals surface area contributed by atoms with E-state index >= 15 is 0 Å². The van der Waals surface area contributed by atoms with Crippen LogP contribution in [-0.4, -0.2) is 7.05 Å². The molecule has 0 spiro atoms. The lowest BCUT2D eigenvalue weighted by molar-refractivity contribution is 0.636. The zero-order valence-electron chi connectivity index (χ0n) is 6.02. The topological polar surface area (TPSA) is 12.0 Å². The highest BCUT2D eigenvalue weighted by Crippen LogP contribution is 2.15. The fraction of sp³-hybridized carbons (Fsp3) is 0.500. The largest absolute Gasteiger partial charge is 0.391 e. The van der Waals surface area contributed by atoms with Gasteiger partial charge in [0.2, 0.25) is 0 Å². The standard InChI is InChI=1S/C8H13N/c1-7-5-3-4-6-8(7)9-2/h3-4,6-7,9H,5H2,1-2H3. The molecule has 0 saturated carbocycles. The van der Waals surface area contributed by atoms with Crippen LogP contribution >= 0.6 is 0 Å². The third-order valence-electron chi connectivity index (χ3n) is 1.72. The summed E-state index contributed by atoms with van der Waals surface area (Å²) in [5.41, 5.74) is 1.34. The van der Waals surface area contributed by atoms with Gasteiger partial charge in [-0.1, -0.05) is 19.1 Å². The third-order valence-corrected chi connectivity index (χ3v) is 1.72. The predicted molar refractivity (Wildman–Crippen MR) is 40.1 cm³/mol. The van der Waals surface area contributed by atoms with E-state index in [4.69, 9.17) is 0 Å². The van der Waals surface area contributed by atoms with E-state index in [0.717, 1.165) is 0 Å². The minimum absolute atomic E-state index is 0.681. The van der Waals surface area contributed by atoms with Crippen molar-refractivity contribution in [2.45, 2.75) is 13.3 Å². The van der Waals surface area contributed by atoms with E-state index in [2.05, 4.69) is 30.5 Å². The number of rotatable bonds is 1. The normalized spacial score (nSPS) is 25.6. The summed E-state index contributed by atoms with van der Waals surface area (Å²) in [6, 6.07) is 0. The second-order valence-electron chi connectivity index (χ2n) is 2.44. The van der Waals surface area contributed by atoms with Crippen LogP contribution in [0.5, 0.6) is 0 Å². The average molecular weight is 123 g/mol. The van der Waals surface area contributed by atoms with E-state index in [1.165, 1.54) is 12.1 Å². The minimum Gasteiger partial charge on any atom is -0.391 e. The van der Waals surface area contributed by atoms with Crippen LogP contribution in [0.1, 0.15) is 13.3 Å². The molecular formula is C8H13N. The number of nitrogens with one attached hydrogen (secondary N) is 1. The van der Waals surface area contributed by atoms with Gasteiger partial charge in [0.15, 0.2) is 0 Å². The van der Waals surface area contributed by atoms with Crippen molar-refractivity contribution in [3.8, 4) is 0 Å². The Morgan fingerprint density at radius 1 is 1.67 bits per heavy atom. The van der Waals surface area contributed by atoms with Crippen molar-refractivity contribution in [3.05, 3.63) is 23.9 Å². The van der Waals surface area contributed by atoms with Gasteiger partial charge < -0.3 is 5.32 Å². The molecule has 1 aliphatic carbocycles. The van der Waals surface area contributed by atoms with E-state index < -0.39 is 0 Å². The van der Waals surface area contributed by atoms with Gasteiger partial charge in [-0.25, -0.2) is 0 Å². The Kier molecular flexibility index (Phi) is 1.93. The van der Waals surface area contributed by atoms with E-state index in [9.17, 15) is 0 Å². The third kappa shape index (κ3) is 1.35. The van der Waals surface area contributed by atoms with E-state index in [1.54, 1.807) is 0 Å². The molecule has 0 aromatic rings. The molecule has 9 heavy (non-hydrogen) atoms. The molecule has 0 radical (unpaired) electrons. The Bertz CT molecular complexity index is 145. The minimum atomic E-state index is 0.681. The average Bonchev–Trinajstić information content (AvgIpc) is 1.89. The molecule has 0 amide bonds. The van der Waals surface area contributed by atoms with Crippen molar-refractivity contribution in [1.82, 2.24) is 5.32 Å². The van der Waals surface area contributed by atoms with Crippen LogP contribution in [0.4, 0.5) is 0 Å². The molecule has 1 atom stereocenters. The van der Waals surface area contributed by atoms with Gasteiger partial charge in [-0.15, -0.1) is 0 Å². The molecule has 0 aliphatic heterocycles. The summed E-state index contributed by atoms with van der Waals surface area (Å²) < 4.78 is 0. The Hall–Kier alpha value is -0.720. The maximum Gasteiger partial charge on any atom is 0.0136 e. The fourth-order valence-electron chi connectivity index (χ4n) is 1.08. The highest BCUT2D eigenvalue weighted by Gasteiger charge is 2.05. The molecular weight excluding hydrogens is 110 g/mol. The van der Waals surface area contributed by atoms with Crippen LogP contribution in [0, 0.1) is 5.92 Å². The first-order valence-electron chi connectivity index (χ1n) is 3.39. The van der Waals surface area contributed by atoms with E-state index in [1.807, 2.05) is 7.05 Å². The fourth-order valence-corrected chi connectivity index (χ4v) is 1.08. The molecule has 50 valence electrons. The molecule has 0 bridgehead atoms.